The number of carbonyl (C=O) groups excluding carboxylic acids is 1. The SMILES string of the molecule is COc1ccc(-c2nn(-c3ccccc3)cc2C(=O)NCc2cccnc2N2CCCCC2)cc1OC. The van der Waals surface area contributed by atoms with Crippen molar-refractivity contribution in [1.82, 2.24) is 20.1 Å². The molecular weight excluding hydrogens is 466 g/mol. The fourth-order valence-corrected chi connectivity index (χ4v) is 4.68. The van der Waals surface area contributed by atoms with Gasteiger partial charge >= 0.3 is 0 Å². The van der Waals surface area contributed by atoms with Gasteiger partial charge in [-0.25, -0.2) is 9.67 Å². The smallest absolute Gasteiger partial charge is 0.255 e. The maximum atomic E-state index is 13.6. The number of hydrogen-bond donors (Lipinski definition) is 1. The second-order valence-corrected chi connectivity index (χ2v) is 8.96. The van der Waals surface area contributed by atoms with Crippen LogP contribution in [0.15, 0.2) is 73.1 Å². The first-order valence-corrected chi connectivity index (χ1v) is 12.5. The molecule has 1 fully saturated rings. The largest absolute Gasteiger partial charge is 0.493 e. The fourth-order valence-electron chi connectivity index (χ4n) is 4.68. The fraction of sp³-hybridized carbons (Fsp3) is 0.276. The van der Waals surface area contributed by atoms with Gasteiger partial charge in [0.15, 0.2) is 11.5 Å². The van der Waals surface area contributed by atoms with Gasteiger partial charge in [-0.2, -0.15) is 5.10 Å². The Morgan fingerprint density at radius 1 is 0.946 bits per heavy atom. The normalized spacial score (nSPS) is 13.3. The lowest BCUT2D eigenvalue weighted by Crippen LogP contribution is -2.32. The third-order valence-electron chi connectivity index (χ3n) is 6.60. The summed E-state index contributed by atoms with van der Waals surface area (Å²) in [7, 11) is 3.18. The Morgan fingerprint density at radius 3 is 2.49 bits per heavy atom. The van der Waals surface area contributed by atoms with Crippen molar-refractivity contribution in [2.24, 2.45) is 0 Å². The first kappa shape index (κ1) is 24.4. The maximum absolute atomic E-state index is 13.6. The highest BCUT2D eigenvalue weighted by Gasteiger charge is 2.21. The van der Waals surface area contributed by atoms with Crippen molar-refractivity contribution in [2.45, 2.75) is 25.8 Å². The molecule has 37 heavy (non-hydrogen) atoms. The lowest BCUT2D eigenvalue weighted by molar-refractivity contribution is 0.0951. The van der Waals surface area contributed by atoms with E-state index >= 15 is 0 Å². The predicted molar refractivity (Wildman–Crippen MR) is 144 cm³/mol. The molecule has 3 heterocycles. The van der Waals surface area contributed by atoms with E-state index in [4.69, 9.17) is 14.6 Å². The minimum Gasteiger partial charge on any atom is -0.493 e. The molecular formula is C29H31N5O3. The second-order valence-electron chi connectivity index (χ2n) is 8.96. The first-order chi connectivity index (χ1) is 18.2. The number of amides is 1. The van der Waals surface area contributed by atoms with E-state index in [2.05, 4.69) is 15.2 Å². The Balaban J connectivity index is 1.46. The van der Waals surface area contributed by atoms with Gasteiger partial charge in [-0.15, -0.1) is 0 Å². The van der Waals surface area contributed by atoms with E-state index in [-0.39, 0.29) is 5.91 Å². The number of anilines is 1. The highest BCUT2D eigenvalue weighted by atomic mass is 16.5. The minimum atomic E-state index is -0.208. The number of nitrogens with zero attached hydrogens (tertiary/aromatic N) is 4. The summed E-state index contributed by atoms with van der Waals surface area (Å²) in [5.74, 6) is 1.92. The van der Waals surface area contributed by atoms with E-state index in [0.717, 1.165) is 48.6 Å². The summed E-state index contributed by atoms with van der Waals surface area (Å²) in [6.07, 6.45) is 7.16. The Bertz CT molecular complexity index is 1360. The first-order valence-electron chi connectivity index (χ1n) is 12.5. The van der Waals surface area contributed by atoms with Crippen molar-refractivity contribution in [3.05, 3.63) is 84.2 Å². The minimum absolute atomic E-state index is 0.208. The molecule has 0 spiro atoms. The molecule has 2 aromatic carbocycles. The van der Waals surface area contributed by atoms with Crippen LogP contribution in [0, 0.1) is 0 Å². The molecule has 1 N–H and O–H groups in total. The number of para-hydroxylation sites is 1. The molecule has 0 saturated carbocycles. The molecule has 1 aliphatic heterocycles. The van der Waals surface area contributed by atoms with Crippen molar-refractivity contribution in [2.75, 3.05) is 32.2 Å². The van der Waals surface area contributed by atoms with Gasteiger partial charge in [0.25, 0.3) is 5.91 Å². The predicted octanol–water partition coefficient (Wildman–Crippen LogP) is 4.87. The van der Waals surface area contributed by atoms with Crippen LogP contribution >= 0.6 is 0 Å². The molecule has 8 nitrogen and oxygen atoms in total. The number of benzene rings is 2. The van der Waals surface area contributed by atoms with Crippen molar-refractivity contribution >= 4 is 11.7 Å². The van der Waals surface area contributed by atoms with Crippen LogP contribution in [0.1, 0.15) is 35.2 Å². The zero-order valence-electron chi connectivity index (χ0n) is 21.2. The third kappa shape index (κ3) is 5.28. The molecule has 5 rings (SSSR count). The van der Waals surface area contributed by atoms with Gasteiger partial charge in [0, 0.05) is 43.2 Å². The molecule has 1 aliphatic rings. The molecule has 0 atom stereocenters. The molecule has 1 saturated heterocycles. The number of rotatable bonds is 8. The van der Waals surface area contributed by atoms with Crippen LogP contribution < -0.4 is 19.7 Å². The van der Waals surface area contributed by atoms with Crippen LogP contribution in [-0.4, -0.2) is 48.0 Å². The summed E-state index contributed by atoms with van der Waals surface area (Å²) in [5, 5.41) is 7.89. The van der Waals surface area contributed by atoms with E-state index in [0.29, 0.717) is 29.3 Å². The summed E-state index contributed by atoms with van der Waals surface area (Å²) >= 11 is 0. The summed E-state index contributed by atoms with van der Waals surface area (Å²) in [6, 6.07) is 19.2. The van der Waals surface area contributed by atoms with Gasteiger partial charge < -0.3 is 19.7 Å². The standard InChI is InChI=1S/C29H31N5O3/c1-36-25-14-13-21(18-26(25)37-2)27-24(20-34(32-27)23-11-5-3-6-12-23)29(35)31-19-22-10-9-15-30-28(22)33-16-7-4-8-17-33/h3,5-6,9-15,18,20H,4,7-8,16-17,19H2,1-2H3,(H,31,35). The van der Waals surface area contributed by atoms with E-state index in [1.807, 2.05) is 66.9 Å². The average Bonchev–Trinajstić information content (AvgIpc) is 3.42. The summed E-state index contributed by atoms with van der Waals surface area (Å²) < 4.78 is 12.6. The third-order valence-corrected chi connectivity index (χ3v) is 6.60. The van der Waals surface area contributed by atoms with Crippen molar-refractivity contribution in [3.8, 4) is 28.4 Å². The number of hydrogen-bond acceptors (Lipinski definition) is 6. The highest BCUT2D eigenvalue weighted by Crippen LogP contribution is 2.33. The summed E-state index contributed by atoms with van der Waals surface area (Å²) in [5.41, 5.74) is 3.65. The van der Waals surface area contributed by atoms with Gasteiger partial charge in [0.2, 0.25) is 0 Å². The number of pyridine rings is 1. The lowest BCUT2D eigenvalue weighted by atomic mass is 10.1. The number of ether oxygens (including phenoxy) is 2. The number of carbonyl (C=O) groups is 1. The van der Waals surface area contributed by atoms with Crippen LogP contribution in [0.4, 0.5) is 5.82 Å². The number of aromatic nitrogens is 3. The topological polar surface area (TPSA) is 81.5 Å². The monoisotopic (exact) mass is 497 g/mol. The van der Waals surface area contributed by atoms with Gasteiger partial charge in [-0.1, -0.05) is 24.3 Å². The van der Waals surface area contributed by atoms with Crippen molar-refractivity contribution in [3.63, 3.8) is 0 Å². The maximum Gasteiger partial charge on any atom is 0.255 e. The Morgan fingerprint density at radius 2 is 1.73 bits per heavy atom. The van der Waals surface area contributed by atoms with E-state index in [9.17, 15) is 4.79 Å². The molecule has 0 aliphatic carbocycles. The van der Waals surface area contributed by atoms with Crippen LogP contribution in [0.25, 0.3) is 16.9 Å². The van der Waals surface area contributed by atoms with Crippen LogP contribution in [0.5, 0.6) is 11.5 Å². The van der Waals surface area contributed by atoms with E-state index < -0.39 is 0 Å². The Hall–Kier alpha value is -4.33. The van der Waals surface area contributed by atoms with Gasteiger partial charge in [0.1, 0.15) is 11.5 Å². The lowest BCUT2D eigenvalue weighted by Gasteiger charge is -2.29. The Kier molecular flexibility index (Phi) is 7.35. The molecule has 190 valence electrons. The quantitative estimate of drug-likeness (QED) is 0.374. The molecule has 0 radical (unpaired) electrons. The van der Waals surface area contributed by atoms with Gasteiger partial charge in [-0.05, 0) is 55.7 Å². The Labute approximate surface area is 216 Å². The molecule has 0 unspecified atom stereocenters. The molecule has 1 amide bonds. The molecule has 8 heteroatoms. The van der Waals surface area contributed by atoms with E-state index in [1.165, 1.54) is 6.42 Å². The van der Waals surface area contributed by atoms with E-state index in [1.54, 1.807) is 25.1 Å². The van der Waals surface area contributed by atoms with Crippen molar-refractivity contribution in [1.29, 1.82) is 0 Å². The van der Waals surface area contributed by atoms with Crippen LogP contribution in [-0.2, 0) is 6.54 Å². The van der Waals surface area contributed by atoms with Gasteiger partial charge in [-0.3, -0.25) is 4.79 Å². The van der Waals surface area contributed by atoms with Crippen molar-refractivity contribution < 1.29 is 14.3 Å². The molecule has 2 aromatic heterocycles. The average molecular weight is 498 g/mol. The summed E-state index contributed by atoms with van der Waals surface area (Å²) in [6.45, 7) is 2.36. The van der Waals surface area contributed by atoms with Gasteiger partial charge in [0.05, 0.1) is 25.5 Å². The van der Waals surface area contributed by atoms with Crippen LogP contribution in [0.2, 0.25) is 0 Å². The number of methoxy groups -OCH3 is 2. The second kappa shape index (κ2) is 11.2. The number of piperidine rings is 1. The number of nitrogens with one attached hydrogen (secondary N) is 1. The zero-order valence-corrected chi connectivity index (χ0v) is 21.2. The summed E-state index contributed by atoms with van der Waals surface area (Å²) in [4.78, 5) is 20.5. The highest BCUT2D eigenvalue weighted by molar-refractivity contribution is 6.00. The molecule has 4 aromatic rings. The zero-order chi connectivity index (χ0) is 25.6. The molecule has 0 bridgehead atoms. The van der Waals surface area contributed by atoms with Crippen LogP contribution in [0.3, 0.4) is 0 Å².